The summed E-state index contributed by atoms with van der Waals surface area (Å²) in [6, 6.07) is 6.21. The predicted octanol–water partition coefficient (Wildman–Crippen LogP) is 2.90. The minimum Gasteiger partial charge on any atom is -0.340 e. The van der Waals surface area contributed by atoms with Crippen LogP contribution in [0.4, 0.5) is 0 Å². The molecule has 5 nitrogen and oxygen atoms in total. The lowest BCUT2D eigenvalue weighted by molar-refractivity contribution is 0.0657. The Balaban J connectivity index is 1.88. The molecule has 24 heavy (non-hydrogen) atoms. The molecule has 2 atom stereocenters. The van der Waals surface area contributed by atoms with Gasteiger partial charge in [0.2, 0.25) is 0 Å². The highest BCUT2D eigenvalue weighted by Gasteiger charge is 2.31. The van der Waals surface area contributed by atoms with E-state index in [2.05, 4.69) is 11.1 Å². The van der Waals surface area contributed by atoms with Gasteiger partial charge in [-0.2, -0.15) is 0 Å². The molecule has 1 fully saturated rings. The minimum absolute atomic E-state index is 0.0488. The first-order valence-electron chi connectivity index (χ1n) is 8.23. The van der Waals surface area contributed by atoms with E-state index in [0.29, 0.717) is 17.3 Å². The zero-order valence-electron chi connectivity index (χ0n) is 14.1. The van der Waals surface area contributed by atoms with Crippen LogP contribution in [-0.4, -0.2) is 32.4 Å². The fourth-order valence-electron chi connectivity index (χ4n) is 3.41. The maximum absolute atomic E-state index is 13.0. The summed E-state index contributed by atoms with van der Waals surface area (Å²) in [4.78, 5) is 19.1. The van der Waals surface area contributed by atoms with Gasteiger partial charge in [0, 0.05) is 36.9 Å². The molecule has 2 N–H and O–H groups in total. The van der Waals surface area contributed by atoms with E-state index < -0.39 is 0 Å². The average Bonchev–Trinajstić information content (AvgIpc) is 3.12. The van der Waals surface area contributed by atoms with Gasteiger partial charge < -0.3 is 15.2 Å². The van der Waals surface area contributed by atoms with Crippen molar-refractivity contribution >= 4 is 17.5 Å². The first-order valence-corrected chi connectivity index (χ1v) is 8.61. The number of aryl methyl sites for hydroxylation is 2. The van der Waals surface area contributed by atoms with Crippen molar-refractivity contribution < 1.29 is 4.79 Å². The summed E-state index contributed by atoms with van der Waals surface area (Å²) in [5, 5.41) is 0.693. The molecule has 1 aromatic heterocycles. The molecule has 1 aromatic carbocycles. The summed E-state index contributed by atoms with van der Waals surface area (Å²) in [6.07, 6.45) is 6.12. The number of imidazole rings is 1. The number of halogens is 1. The zero-order chi connectivity index (χ0) is 17.3. The third-order valence-electron chi connectivity index (χ3n) is 4.53. The van der Waals surface area contributed by atoms with Crippen LogP contribution in [0.3, 0.4) is 0 Å². The van der Waals surface area contributed by atoms with Crippen molar-refractivity contribution in [3.63, 3.8) is 0 Å². The van der Waals surface area contributed by atoms with E-state index in [1.165, 1.54) is 0 Å². The van der Waals surface area contributed by atoms with Crippen LogP contribution >= 0.6 is 11.6 Å². The number of rotatable bonds is 4. The third-order valence-corrected chi connectivity index (χ3v) is 4.74. The molecule has 128 valence electrons. The molecular formula is C18H23ClN4O. The molecule has 1 aliphatic rings. The first kappa shape index (κ1) is 17.0. The van der Waals surface area contributed by atoms with Gasteiger partial charge in [0.1, 0.15) is 5.69 Å². The highest BCUT2D eigenvalue weighted by molar-refractivity contribution is 6.30. The Bertz CT molecular complexity index is 722. The zero-order valence-corrected chi connectivity index (χ0v) is 14.8. The Morgan fingerprint density at radius 3 is 2.79 bits per heavy atom. The van der Waals surface area contributed by atoms with Crippen molar-refractivity contribution in [2.75, 3.05) is 0 Å². The monoisotopic (exact) mass is 346 g/mol. The van der Waals surface area contributed by atoms with Gasteiger partial charge in [-0.25, -0.2) is 4.98 Å². The maximum Gasteiger partial charge on any atom is 0.274 e. The van der Waals surface area contributed by atoms with Crippen LogP contribution in [0.25, 0.3) is 0 Å². The second-order valence-corrected chi connectivity index (χ2v) is 7.16. The van der Waals surface area contributed by atoms with Crippen LogP contribution in [0, 0.1) is 6.92 Å². The molecule has 1 aliphatic carbocycles. The van der Waals surface area contributed by atoms with E-state index in [-0.39, 0.29) is 18.0 Å². The molecular weight excluding hydrogens is 324 g/mol. The van der Waals surface area contributed by atoms with Gasteiger partial charge in [0.15, 0.2) is 0 Å². The van der Waals surface area contributed by atoms with E-state index in [1.54, 1.807) is 17.1 Å². The summed E-state index contributed by atoms with van der Waals surface area (Å²) in [5.41, 5.74) is 8.66. The number of hydrogen-bond acceptors (Lipinski definition) is 3. The van der Waals surface area contributed by atoms with Gasteiger partial charge in [0.05, 0.1) is 6.33 Å². The minimum atomic E-state index is -0.0488. The quantitative estimate of drug-likeness (QED) is 0.925. The second-order valence-electron chi connectivity index (χ2n) is 6.72. The lowest BCUT2D eigenvalue weighted by Crippen LogP contribution is -2.39. The Morgan fingerprint density at radius 2 is 2.21 bits per heavy atom. The van der Waals surface area contributed by atoms with Crippen molar-refractivity contribution in [2.24, 2.45) is 12.8 Å². The number of amides is 1. The topological polar surface area (TPSA) is 64.2 Å². The molecule has 2 aromatic rings. The van der Waals surface area contributed by atoms with Crippen molar-refractivity contribution in [3.05, 3.63) is 52.6 Å². The third kappa shape index (κ3) is 3.79. The number of carbonyl (C=O) groups excluding carboxylic acids is 1. The van der Waals surface area contributed by atoms with Crippen LogP contribution < -0.4 is 5.73 Å². The van der Waals surface area contributed by atoms with Crippen molar-refractivity contribution in [2.45, 2.75) is 44.8 Å². The van der Waals surface area contributed by atoms with Gasteiger partial charge in [-0.05, 0) is 49.4 Å². The Labute approximate surface area is 147 Å². The summed E-state index contributed by atoms with van der Waals surface area (Å²) in [7, 11) is 1.86. The summed E-state index contributed by atoms with van der Waals surface area (Å²) >= 11 is 6.18. The molecule has 0 spiro atoms. The average molecular weight is 347 g/mol. The Hall–Kier alpha value is -1.85. The van der Waals surface area contributed by atoms with Gasteiger partial charge in [0.25, 0.3) is 5.91 Å². The number of nitrogens with zero attached hydrogens (tertiary/aromatic N) is 3. The molecule has 0 aliphatic heterocycles. The first-order chi connectivity index (χ1) is 11.4. The summed E-state index contributed by atoms with van der Waals surface area (Å²) < 4.78 is 1.79. The molecule has 1 saturated carbocycles. The van der Waals surface area contributed by atoms with E-state index in [0.717, 1.165) is 30.4 Å². The highest BCUT2D eigenvalue weighted by atomic mass is 35.5. The van der Waals surface area contributed by atoms with Gasteiger partial charge in [-0.3, -0.25) is 4.79 Å². The number of hydrogen-bond donors (Lipinski definition) is 1. The summed E-state index contributed by atoms with van der Waals surface area (Å²) in [6.45, 7) is 2.53. The normalized spacial score (nSPS) is 20.3. The largest absolute Gasteiger partial charge is 0.340 e. The SMILES string of the molecule is Cc1cc(Cl)cc(CN(C(=O)c2cn(C)cn2)C2CCC(N)C2)c1. The molecule has 1 amide bonds. The maximum atomic E-state index is 13.0. The van der Waals surface area contributed by atoms with Crippen LogP contribution in [-0.2, 0) is 13.6 Å². The van der Waals surface area contributed by atoms with Gasteiger partial charge >= 0.3 is 0 Å². The lowest BCUT2D eigenvalue weighted by Gasteiger charge is -2.29. The van der Waals surface area contributed by atoms with Crippen LogP contribution in [0.5, 0.6) is 0 Å². The number of nitrogens with two attached hydrogens (primary N) is 1. The number of aromatic nitrogens is 2. The standard InChI is InChI=1S/C18H23ClN4O/c1-12-5-13(7-14(19)6-12)9-23(16-4-3-15(20)8-16)18(24)17-10-22(2)11-21-17/h5-7,10-11,15-16H,3-4,8-9,20H2,1-2H3. The fourth-order valence-corrected chi connectivity index (χ4v) is 3.72. The van der Waals surface area contributed by atoms with Crippen LogP contribution in [0.2, 0.25) is 5.02 Å². The predicted molar refractivity (Wildman–Crippen MR) is 94.9 cm³/mol. The van der Waals surface area contributed by atoms with Crippen molar-refractivity contribution in [1.82, 2.24) is 14.5 Å². The fraction of sp³-hybridized carbons (Fsp3) is 0.444. The number of carbonyl (C=O) groups is 1. The number of benzene rings is 1. The molecule has 2 unspecified atom stereocenters. The lowest BCUT2D eigenvalue weighted by atomic mass is 10.1. The highest BCUT2D eigenvalue weighted by Crippen LogP contribution is 2.27. The van der Waals surface area contributed by atoms with E-state index >= 15 is 0 Å². The molecule has 1 heterocycles. The molecule has 0 saturated heterocycles. The van der Waals surface area contributed by atoms with Crippen molar-refractivity contribution in [3.8, 4) is 0 Å². The summed E-state index contributed by atoms with van der Waals surface area (Å²) in [5.74, 6) is -0.0488. The smallest absolute Gasteiger partial charge is 0.274 e. The van der Waals surface area contributed by atoms with Crippen LogP contribution in [0.1, 0.15) is 40.9 Å². The van der Waals surface area contributed by atoms with E-state index in [4.69, 9.17) is 17.3 Å². The molecule has 0 bridgehead atoms. The van der Waals surface area contributed by atoms with Gasteiger partial charge in [-0.15, -0.1) is 0 Å². The second kappa shape index (κ2) is 6.95. The van der Waals surface area contributed by atoms with Crippen LogP contribution in [0.15, 0.2) is 30.7 Å². The van der Waals surface area contributed by atoms with E-state index in [1.807, 2.05) is 31.0 Å². The Morgan fingerprint density at radius 1 is 1.42 bits per heavy atom. The van der Waals surface area contributed by atoms with Crippen molar-refractivity contribution in [1.29, 1.82) is 0 Å². The molecule has 3 rings (SSSR count). The molecule has 6 heteroatoms. The van der Waals surface area contributed by atoms with E-state index in [9.17, 15) is 4.79 Å². The molecule has 0 radical (unpaired) electrons. The Kier molecular flexibility index (Phi) is 4.92. The van der Waals surface area contributed by atoms with Gasteiger partial charge in [-0.1, -0.05) is 17.7 Å².